The van der Waals surface area contributed by atoms with Gasteiger partial charge in [-0.1, -0.05) is 28.1 Å². The maximum atomic E-state index is 13.2. The summed E-state index contributed by atoms with van der Waals surface area (Å²) in [4.78, 5) is 38.7. The normalized spacial score (nSPS) is 10.8. The molecule has 0 aliphatic rings. The fourth-order valence-corrected chi connectivity index (χ4v) is 4.25. The molecule has 4 rings (SSSR count). The van der Waals surface area contributed by atoms with Gasteiger partial charge < -0.3 is 10.6 Å². The summed E-state index contributed by atoms with van der Waals surface area (Å²) >= 11 is 3.43. The summed E-state index contributed by atoms with van der Waals surface area (Å²) in [5.74, 6) is -2.16. The third-order valence-corrected chi connectivity index (χ3v) is 6.15. The second-order valence-electron chi connectivity index (χ2n) is 8.59. The first-order chi connectivity index (χ1) is 16.6. The number of carbonyl (C=O) groups is 3. The van der Waals surface area contributed by atoms with Crippen molar-refractivity contribution in [2.24, 2.45) is 0 Å². The van der Waals surface area contributed by atoms with Gasteiger partial charge in [0, 0.05) is 21.2 Å². The zero-order valence-corrected chi connectivity index (χ0v) is 21.4. The van der Waals surface area contributed by atoms with E-state index in [2.05, 4.69) is 32.0 Å². The van der Waals surface area contributed by atoms with Crippen LogP contribution in [-0.2, 0) is 9.59 Å². The maximum Gasteiger partial charge on any atom is 0.328 e. The van der Waals surface area contributed by atoms with Crippen LogP contribution in [0.1, 0.15) is 32.7 Å². The minimum absolute atomic E-state index is 0.184. The molecule has 0 spiro atoms. The summed E-state index contributed by atoms with van der Waals surface area (Å²) in [5, 5.41) is 6.22. The van der Waals surface area contributed by atoms with Gasteiger partial charge in [-0.2, -0.15) is 0 Å². The Kier molecular flexibility index (Phi) is 6.75. The lowest BCUT2D eigenvalue weighted by Crippen LogP contribution is -2.36. The molecule has 4 aromatic rings. The Bertz CT molecular complexity index is 1470. The predicted octanol–water partition coefficient (Wildman–Crippen LogP) is 5.60. The van der Waals surface area contributed by atoms with Gasteiger partial charge in [0.25, 0.3) is 5.91 Å². The number of hydrogen-bond donors (Lipinski definition) is 3. The van der Waals surface area contributed by atoms with Gasteiger partial charge in [0.15, 0.2) is 0 Å². The molecule has 0 saturated heterocycles. The Morgan fingerprint density at radius 3 is 2.11 bits per heavy atom. The van der Waals surface area contributed by atoms with Crippen LogP contribution in [0.15, 0.2) is 65.1 Å². The number of nitrogens with zero attached hydrogens (tertiary/aromatic N) is 1. The first kappa shape index (κ1) is 24.2. The van der Waals surface area contributed by atoms with Crippen LogP contribution >= 0.6 is 15.9 Å². The van der Waals surface area contributed by atoms with E-state index >= 15 is 0 Å². The zero-order chi connectivity index (χ0) is 25.3. The van der Waals surface area contributed by atoms with Crippen molar-refractivity contribution in [3.8, 4) is 0 Å². The quantitative estimate of drug-likeness (QED) is 0.299. The third-order valence-electron chi connectivity index (χ3n) is 5.66. The average molecular weight is 533 g/mol. The molecule has 3 aromatic carbocycles. The van der Waals surface area contributed by atoms with Gasteiger partial charge >= 0.3 is 11.8 Å². The van der Waals surface area contributed by atoms with Crippen LogP contribution in [0.3, 0.4) is 0 Å². The van der Waals surface area contributed by atoms with Crippen LogP contribution in [0.5, 0.6) is 0 Å². The lowest BCUT2D eigenvalue weighted by molar-refractivity contribution is -0.133. The minimum atomic E-state index is -0.898. The summed E-state index contributed by atoms with van der Waals surface area (Å²) in [7, 11) is 0. The number of halogens is 1. The number of amides is 3. The molecule has 0 unspecified atom stereocenters. The van der Waals surface area contributed by atoms with Crippen molar-refractivity contribution in [3.05, 3.63) is 93.1 Å². The second-order valence-corrected chi connectivity index (χ2v) is 9.51. The molecule has 0 aliphatic carbocycles. The third kappa shape index (κ3) is 5.44. The van der Waals surface area contributed by atoms with Crippen molar-refractivity contribution in [1.29, 1.82) is 0 Å². The van der Waals surface area contributed by atoms with E-state index in [4.69, 9.17) is 0 Å². The highest BCUT2D eigenvalue weighted by Gasteiger charge is 2.21. The highest BCUT2D eigenvalue weighted by Crippen LogP contribution is 2.24. The van der Waals surface area contributed by atoms with Crippen molar-refractivity contribution in [2.75, 3.05) is 16.1 Å². The van der Waals surface area contributed by atoms with E-state index in [1.165, 1.54) is 4.68 Å². The van der Waals surface area contributed by atoms with E-state index in [0.29, 0.717) is 16.9 Å². The molecule has 1 aromatic heterocycles. The van der Waals surface area contributed by atoms with Crippen LogP contribution < -0.4 is 16.1 Å². The molecular formula is C27H25BrN4O3. The first-order valence-electron chi connectivity index (χ1n) is 11.0. The van der Waals surface area contributed by atoms with E-state index in [-0.39, 0.29) is 5.69 Å². The van der Waals surface area contributed by atoms with Crippen LogP contribution in [0.25, 0.3) is 10.9 Å². The Morgan fingerprint density at radius 2 is 1.43 bits per heavy atom. The van der Waals surface area contributed by atoms with Crippen molar-refractivity contribution >= 4 is 55.9 Å². The van der Waals surface area contributed by atoms with Crippen LogP contribution in [0.2, 0.25) is 0 Å². The van der Waals surface area contributed by atoms with Crippen LogP contribution in [0, 0.1) is 27.7 Å². The SMILES string of the molecule is Cc1cc(C)cc(NC(=O)C(=O)Nn2c(C(=O)Nc3ccc(C)c(C)c3)cc3cc(Br)ccc32)c1. The number of aryl methyl sites for hydroxylation is 4. The summed E-state index contributed by atoms with van der Waals surface area (Å²) in [6.45, 7) is 7.78. The minimum Gasteiger partial charge on any atom is -0.321 e. The highest BCUT2D eigenvalue weighted by atomic mass is 79.9. The average Bonchev–Trinajstić information content (AvgIpc) is 3.13. The standard InChI is InChI=1S/C27H25BrN4O3/c1-15-9-16(2)11-22(10-15)30-26(34)27(35)31-32-23-8-6-20(28)13-19(23)14-24(32)25(33)29-21-7-5-17(3)18(4)12-21/h5-14H,1-4H3,(H,29,33)(H,30,34)(H,31,35). The fraction of sp³-hybridized carbons (Fsp3) is 0.148. The predicted molar refractivity (Wildman–Crippen MR) is 142 cm³/mol. The molecule has 0 atom stereocenters. The van der Waals surface area contributed by atoms with Gasteiger partial charge in [-0.15, -0.1) is 0 Å². The summed E-state index contributed by atoms with van der Waals surface area (Å²) in [5.41, 5.74) is 8.59. The molecule has 8 heteroatoms. The molecular weight excluding hydrogens is 508 g/mol. The van der Waals surface area contributed by atoms with Crippen molar-refractivity contribution in [2.45, 2.75) is 27.7 Å². The van der Waals surface area contributed by atoms with E-state index < -0.39 is 17.7 Å². The molecule has 3 amide bonds. The number of fused-ring (bicyclic) bond motifs is 1. The largest absolute Gasteiger partial charge is 0.328 e. The van der Waals surface area contributed by atoms with E-state index in [9.17, 15) is 14.4 Å². The maximum absolute atomic E-state index is 13.2. The highest BCUT2D eigenvalue weighted by molar-refractivity contribution is 9.10. The Labute approximate surface area is 211 Å². The topological polar surface area (TPSA) is 92.2 Å². The molecule has 0 fully saturated rings. The molecule has 1 heterocycles. The Hall–Kier alpha value is -3.91. The van der Waals surface area contributed by atoms with Crippen molar-refractivity contribution in [1.82, 2.24) is 4.68 Å². The van der Waals surface area contributed by atoms with Gasteiger partial charge in [0.05, 0.1) is 5.52 Å². The summed E-state index contributed by atoms with van der Waals surface area (Å²) in [6.07, 6.45) is 0. The zero-order valence-electron chi connectivity index (χ0n) is 19.8. The lowest BCUT2D eigenvalue weighted by Gasteiger charge is -2.13. The van der Waals surface area contributed by atoms with Crippen molar-refractivity contribution < 1.29 is 14.4 Å². The number of aromatic nitrogens is 1. The van der Waals surface area contributed by atoms with Gasteiger partial charge in [-0.05, 0) is 98.5 Å². The van der Waals surface area contributed by atoms with Gasteiger partial charge in [0.2, 0.25) is 0 Å². The van der Waals surface area contributed by atoms with Gasteiger partial charge in [-0.3, -0.25) is 19.8 Å². The Morgan fingerprint density at radius 1 is 0.714 bits per heavy atom. The first-order valence-corrected chi connectivity index (χ1v) is 11.8. The number of nitrogens with one attached hydrogen (secondary N) is 3. The van der Waals surface area contributed by atoms with E-state index in [1.54, 1.807) is 30.3 Å². The number of rotatable bonds is 4. The molecule has 35 heavy (non-hydrogen) atoms. The monoisotopic (exact) mass is 532 g/mol. The summed E-state index contributed by atoms with van der Waals surface area (Å²) < 4.78 is 2.16. The Balaban J connectivity index is 1.63. The molecule has 178 valence electrons. The molecule has 3 N–H and O–H groups in total. The smallest absolute Gasteiger partial charge is 0.321 e. The molecule has 0 bridgehead atoms. The van der Waals surface area contributed by atoms with Gasteiger partial charge in [-0.25, -0.2) is 4.68 Å². The molecule has 7 nitrogen and oxygen atoms in total. The molecule has 0 radical (unpaired) electrons. The number of hydrogen-bond acceptors (Lipinski definition) is 3. The fourth-order valence-electron chi connectivity index (χ4n) is 3.88. The van der Waals surface area contributed by atoms with E-state index in [0.717, 1.165) is 32.1 Å². The van der Waals surface area contributed by atoms with Crippen LogP contribution in [0.4, 0.5) is 11.4 Å². The molecule has 0 saturated carbocycles. The number of carbonyl (C=O) groups excluding carboxylic acids is 3. The second kappa shape index (κ2) is 9.76. The van der Waals surface area contributed by atoms with Gasteiger partial charge in [0.1, 0.15) is 5.69 Å². The van der Waals surface area contributed by atoms with Crippen molar-refractivity contribution in [3.63, 3.8) is 0 Å². The summed E-state index contributed by atoms with van der Waals surface area (Å²) in [6, 6.07) is 18.2. The van der Waals surface area contributed by atoms with Crippen LogP contribution in [-0.4, -0.2) is 22.4 Å². The molecule has 0 aliphatic heterocycles. The van der Waals surface area contributed by atoms with E-state index in [1.807, 2.05) is 58.0 Å². The lowest BCUT2D eigenvalue weighted by atomic mass is 10.1. The number of benzene rings is 3. The number of anilines is 2.